The molecule has 0 saturated carbocycles. The van der Waals surface area contributed by atoms with Crippen LogP contribution in [0, 0.1) is 23.0 Å². The highest BCUT2D eigenvalue weighted by Crippen LogP contribution is 2.22. The average molecular weight is 334 g/mol. The molecule has 24 heavy (non-hydrogen) atoms. The first kappa shape index (κ1) is 17.9. The van der Waals surface area contributed by atoms with Crippen LogP contribution in [0.25, 0.3) is 0 Å². The first-order valence-electron chi connectivity index (χ1n) is 7.96. The number of nitro groups is 1. The molecule has 3 N–H and O–H groups in total. The molecule has 2 amide bonds. The minimum Gasteiger partial charge on any atom is -0.355 e. The van der Waals surface area contributed by atoms with Crippen LogP contribution in [0.3, 0.4) is 0 Å². The predicted molar refractivity (Wildman–Crippen MR) is 88.5 cm³/mol. The number of hydrogen-bond acceptors (Lipinski definition) is 5. The highest BCUT2D eigenvalue weighted by Gasteiger charge is 2.29. The molecule has 0 bridgehead atoms. The molecular formula is C16H22N4O4. The van der Waals surface area contributed by atoms with Gasteiger partial charge in [0.05, 0.1) is 10.8 Å². The molecule has 2 rings (SSSR count). The summed E-state index contributed by atoms with van der Waals surface area (Å²) >= 11 is 0. The highest BCUT2D eigenvalue weighted by atomic mass is 16.6. The Kier molecular flexibility index (Phi) is 5.86. The third-order valence-electron chi connectivity index (χ3n) is 4.16. The van der Waals surface area contributed by atoms with Gasteiger partial charge >= 0.3 is 0 Å². The summed E-state index contributed by atoms with van der Waals surface area (Å²) in [6.07, 6.45) is 1.48. The zero-order valence-electron chi connectivity index (χ0n) is 13.7. The van der Waals surface area contributed by atoms with Crippen LogP contribution in [0.4, 0.5) is 5.69 Å². The molecule has 1 aliphatic heterocycles. The number of piperidine rings is 1. The number of likely N-dealkylation sites (tertiary alicyclic amines) is 1. The van der Waals surface area contributed by atoms with Crippen molar-refractivity contribution in [3.05, 3.63) is 39.4 Å². The molecule has 1 aromatic carbocycles. The van der Waals surface area contributed by atoms with Crippen molar-refractivity contribution in [1.82, 2.24) is 10.2 Å². The van der Waals surface area contributed by atoms with Crippen molar-refractivity contribution in [2.24, 2.45) is 11.7 Å². The minimum atomic E-state index is -0.470. The first-order chi connectivity index (χ1) is 11.4. The Bertz CT molecular complexity index is 647. The third-order valence-corrected chi connectivity index (χ3v) is 4.16. The van der Waals surface area contributed by atoms with Crippen LogP contribution in [-0.4, -0.2) is 47.8 Å². The Morgan fingerprint density at radius 1 is 1.46 bits per heavy atom. The quantitative estimate of drug-likeness (QED) is 0.611. The molecule has 130 valence electrons. The molecule has 0 aromatic heterocycles. The lowest BCUT2D eigenvalue weighted by Crippen LogP contribution is -2.46. The van der Waals surface area contributed by atoms with E-state index in [2.05, 4.69) is 5.32 Å². The Balaban J connectivity index is 2.07. The lowest BCUT2D eigenvalue weighted by atomic mass is 9.96. The van der Waals surface area contributed by atoms with E-state index in [-0.39, 0.29) is 23.4 Å². The summed E-state index contributed by atoms with van der Waals surface area (Å²) in [6.45, 7) is 3.34. The van der Waals surface area contributed by atoms with E-state index in [1.165, 1.54) is 18.2 Å². The van der Waals surface area contributed by atoms with Gasteiger partial charge in [-0.2, -0.15) is 0 Å². The van der Waals surface area contributed by atoms with E-state index in [4.69, 9.17) is 5.73 Å². The second kappa shape index (κ2) is 7.87. The molecule has 8 heteroatoms. The van der Waals surface area contributed by atoms with Crippen LogP contribution >= 0.6 is 0 Å². The van der Waals surface area contributed by atoms with Crippen LogP contribution in [0.15, 0.2) is 18.2 Å². The van der Waals surface area contributed by atoms with E-state index >= 15 is 0 Å². The molecule has 8 nitrogen and oxygen atoms in total. The number of carbonyl (C=O) groups is 2. The normalized spacial score (nSPS) is 17.4. The van der Waals surface area contributed by atoms with E-state index in [1.807, 2.05) is 0 Å². The van der Waals surface area contributed by atoms with Crippen molar-refractivity contribution >= 4 is 17.5 Å². The van der Waals surface area contributed by atoms with Gasteiger partial charge < -0.3 is 16.0 Å². The number of nitrogens with two attached hydrogens (primary N) is 1. The van der Waals surface area contributed by atoms with E-state index in [0.29, 0.717) is 37.3 Å². The number of nitrogens with zero attached hydrogens (tertiary/aromatic N) is 2. The van der Waals surface area contributed by atoms with E-state index in [0.717, 1.165) is 12.8 Å². The number of nitro benzene ring substituents is 1. The van der Waals surface area contributed by atoms with Gasteiger partial charge in [-0.3, -0.25) is 19.7 Å². The smallest absolute Gasteiger partial charge is 0.272 e. The summed E-state index contributed by atoms with van der Waals surface area (Å²) in [5.74, 6) is -0.532. The summed E-state index contributed by atoms with van der Waals surface area (Å²) < 4.78 is 0. The van der Waals surface area contributed by atoms with Gasteiger partial charge in [-0.15, -0.1) is 0 Å². The number of carbonyl (C=O) groups excluding carboxylic acids is 2. The monoisotopic (exact) mass is 334 g/mol. The number of rotatable bonds is 5. The summed E-state index contributed by atoms with van der Waals surface area (Å²) in [4.78, 5) is 36.7. The molecule has 0 aliphatic carbocycles. The van der Waals surface area contributed by atoms with Gasteiger partial charge in [0.15, 0.2) is 0 Å². The molecule has 1 unspecified atom stereocenters. The number of amides is 2. The van der Waals surface area contributed by atoms with Crippen LogP contribution in [0.1, 0.15) is 28.8 Å². The van der Waals surface area contributed by atoms with E-state index < -0.39 is 4.92 Å². The Labute approximate surface area is 140 Å². The van der Waals surface area contributed by atoms with Crippen LogP contribution in [-0.2, 0) is 4.79 Å². The van der Waals surface area contributed by atoms with Gasteiger partial charge in [0.2, 0.25) is 5.91 Å². The van der Waals surface area contributed by atoms with Crippen LogP contribution in [0.5, 0.6) is 0 Å². The fraction of sp³-hybridized carbons (Fsp3) is 0.500. The number of aryl methyl sites for hydroxylation is 1. The number of nitrogens with one attached hydrogen (secondary N) is 1. The standard InChI is InChI=1S/C16H22N4O4/c1-11-9-12(4-5-14(11)20(23)24)16(22)19-8-2-3-13(10-19)15(21)18-7-6-17/h4-5,9,13H,2-3,6-8,10,17H2,1H3,(H,18,21). The summed E-state index contributed by atoms with van der Waals surface area (Å²) in [5, 5.41) is 13.6. The Hall–Kier alpha value is -2.48. The highest BCUT2D eigenvalue weighted by molar-refractivity contribution is 5.95. The van der Waals surface area contributed by atoms with Gasteiger partial charge in [0, 0.05) is 43.4 Å². The number of hydrogen-bond donors (Lipinski definition) is 2. The first-order valence-corrected chi connectivity index (χ1v) is 7.96. The predicted octanol–water partition coefficient (Wildman–Crippen LogP) is 0.830. The second-order valence-corrected chi connectivity index (χ2v) is 5.93. The van der Waals surface area contributed by atoms with Gasteiger partial charge in [-0.25, -0.2) is 0 Å². The van der Waals surface area contributed by atoms with Crippen molar-refractivity contribution in [3.8, 4) is 0 Å². The van der Waals surface area contributed by atoms with Gasteiger partial charge in [-0.05, 0) is 31.9 Å². The maximum atomic E-state index is 12.6. The van der Waals surface area contributed by atoms with Crippen molar-refractivity contribution in [2.75, 3.05) is 26.2 Å². The molecular weight excluding hydrogens is 312 g/mol. The molecule has 1 fully saturated rings. The van der Waals surface area contributed by atoms with E-state index in [9.17, 15) is 19.7 Å². The SMILES string of the molecule is Cc1cc(C(=O)N2CCCC(C(=O)NCCN)C2)ccc1[N+](=O)[O-]. The minimum absolute atomic E-state index is 0.00997. The summed E-state index contributed by atoms with van der Waals surface area (Å²) in [7, 11) is 0. The zero-order chi connectivity index (χ0) is 17.7. The molecule has 1 aromatic rings. The molecule has 1 aliphatic rings. The lowest BCUT2D eigenvalue weighted by Gasteiger charge is -2.32. The lowest BCUT2D eigenvalue weighted by molar-refractivity contribution is -0.385. The van der Waals surface area contributed by atoms with Crippen LogP contribution in [0.2, 0.25) is 0 Å². The maximum Gasteiger partial charge on any atom is 0.272 e. The Morgan fingerprint density at radius 3 is 2.83 bits per heavy atom. The number of benzene rings is 1. The second-order valence-electron chi connectivity index (χ2n) is 5.93. The maximum absolute atomic E-state index is 12.6. The van der Waals surface area contributed by atoms with Gasteiger partial charge in [-0.1, -0.05) is 0 Å². The van der Waals surface area contributed by atoms with E-state index in [1.54, 1.807) is 11.8 Å². The fourth-order valence-corrected chi connectivity index (χ4v) is 2.89. The summed E-state index contributed by atoms with van der Waals surface area (Å²) in [6, 6.07) is 4.34. The molecule has 0 radical (unpaired) electrons. The van der Waals surface area contributed by atoms with Crippen molar-refractivity contribution in [1.29, 1.82) is 0 Å². The largest absolute Gasteiger partial charge is 0.355 e. The van der Waals surface area contributed by atoms with Gasteiger partial charge in [0.1, 0.15) is 0 Å². The summed E-state index contributed by atoms with van der Waals surface area (Å²) in [5.41, 5.74) is 6.22. The van der Waals surface area contributed by atoms with Gasteiger partial charge in [0.25, 0.3) is 11.6 Å². The van der Waals surface area contributed by atoms with Crippen molar-refractivity contribution in [3.63, 3.8) is 0 Å². The third kappa shape index (κ3) is 4.08. The topological polar surface area (TPSA) is 119 Å². The Morgan fingerprint density at radius 2 is 2.21 bits per heavy atom. The molecule has 1 heterocycles. The van der Waals surface area contributed by atoms with Crippen molar-refractivity contribution in [2.45, 2.75) is 19.8 Å². The average Bonchev–Trinajstić information content (AvgIpc) is 2.58. The zero-order valence-corrected chi connectivity index (χ0v) is 13.7. The molecule has 1 atom stereocenters. The molecule has 1 saturated heterocycles. The fourth-order valence-electron chi connectivity index (χ4n) is 2.89. The molecule has 0 spiro atoms. The van der Waals surface area contributed by atoms with Crippen molar-refractivity contribution < 1.29 is 14.5 Å². The van der Waals surface area contributed by atoms with Crippen LogP contribution < -0.4 is 11.1 Å².